The van der Waals surface area contributed by atoms with Gasteiger partial charge in [-0.25, -0.2) is 0 Å². The summed E-state index contributed by atoms with van der Waals surface area (Å²) in [5.41, 5.74) is 4.24. The van der Waals surface area contributed by atoms with Crippen molar-refractivity contribution in [1.29, 1.82) is 0 Å². The first-order chi connectivity index (χ1) is 5.72. The molecule has 5 nitrogen and oxygen atoms in total. The molecule has 0 bridgehead atoms. The molecule has 1 rings (SSSR count). The van der Waals surface area contributed by atoms with Crippen molar-refractivity contribution in [1.82, 2.24) is 0 Å². The van der Waals surface area contributed by atoms with Crippen LogP contribution in [0.3, 0.4) is 0 Å². The lowest BCUT2D eigenvalue weighted by molar-refractivity contribution is -0.385. The number of rotatable bonds is 1. The Kier molecular flexibility index (Phi) is 4.40. The van der Waals surface area contributed by atoms with Crippen molar-refractivity contribution in [2.24, 2.45) is 5.73 Å². The normalized spacial score (nSPS) is 8.17. The molecule has 66 valence electrons. The maximum absolute atomic E-state index is 10.1. The lowest BCUT2D eigenvalue weighted by Gasteiger charge is -1.91. The topological polar surface area (TPSA) is 89.4 Å². The SMILES string of the molecule is CN.O=[N+]([O-])c1ccccc1O. The summed E-state index contributed by atoms with van der Waals surface area (Å²) in [5.74, 6) is -0.299. The molecule has 0 aliphatic heterocycles. The van der Waals surface area contributed by atoms with Gasteiger partial charge < -0.3 is 10.8 Å². The number of phenols is 1. The minimum absolute atomic E-state index is 0.262. The van der Waals surface area contributed by atoms with Gasteiger partial charge in [0.2, 0.25) is 0 Å². The molecule has 3 N–H and O–H groups in total. The lowest BCUT2D eigenvalue weighted by atomic mass is 10.3. The summed E-state index contributed by atoms with van der Waals surface area (Å²) in [6.07, 6.45) is 0. The highest BCUT2D eigenvalue weighted by Crippen LogP contribution is 2.23. The highest BCUT2D eigenvalue weighted by molar-refractivity contribution is 5.44. The first-order valence-electron chi connectivity index (χ1n) is 3.22. The Bertz CT molecular complexity index is 263. The second kappa shape index (κ2) is 5.09. The number of benzene rings is 1. The number of para-hydroxylation sites is 2. The van der Waals surface area contributed by atoms with Crippen LogP contribution < -0.4 is 5.73 Å². The molecule has 0 unspecified atom stereocenters. The van der Waals surface area contributed by atoms with Crippen LogP contribution in [-0.2, 0) is 0 Å². The van der Waals surface area contributed by atoms with Crippen molar-refractivity contribution >= 4 is 5.69 Å². The van der Waals surface area contributed by atoms with Gasteiger partial charge in [-0.05, 0) is 13.1 Å². The zero-order valence-corrected chi connectivity index (χ0v) is 6.60. The molecule has 0 heterocycles. The average molecular weight is 170 g/mol. The Balaban J connectivity index is 0.000000561. The van der Waals surface area contributed by atoms with Gasteiger partial charge in [-0.1, -0.05) is 12.1 Å². The van der Waals surface area contributed by atoms with Gasteiger partial charge in [0.25, 0.3) is 0 Å². The summed E-state index contributed by atoms with van der Waals surface area (Å²) in [7, 11) is 1.50. The molecule has 5 heteroatoms. The van der Waals surface area contributed by atoms with Crippen molar-refractivity contribution in [3.63, 3.8) is 0 Å². The molecule has 1 aromatic carbocycles. The monoisotopic (exact) mass is 170 g/mol. The van der Waals surface area contributed by atoms with Gasteiger partial charge in [-0.15, -0.1) is 0 Å². The third-order valence-electron chi connectivity index (χ3n) is 1.08. The van der Waals surface area contributed by atoms with E-state index in [1.807, 2.05) is 0 Å². The molecule has 0 amide bonds. The summed E-state index contributed by atoms with van der Waals surface area (Å²) < 4.78 is 0. The Morgan fingerprint density at radius 3 is 2.25 bits per heavy atom. The highest BCUT2D eigenvalue weighted by Gasteiger charge is 2.09. The molecule has 1 aromatic rings. The van der Waals surface area contributed by atoms with E-state index in [1.165, 1.54) is 31.3 Å². The molecule has 0 atom stereocenters. The van der Waals surface area contributed by atoms with Crippen LogP contribution >= 0.6 is 0 Å². The second-order valence-electron chi connectivity index (χ2n) is 1.75. The van der Waals surface area contributed by atoms with Crippen LogP contribution in [-0.4, -0.2) is 17.1 Å². The molecule has 0 aliphatic rings. The Morgan fingerprint density at radius 1 is 1.42 bits per heavy atom. The lowest BCUT2D eigenvalue weighted by Crippen LogP contribution is -1.86. The van der Waals surface area contributed by atoms with Gasteiger partial charge in [-0.3, -0.25) is 10.1 Å². The smallest absolute Gasteiger partial charge is 0.310 e. The third-order valence-corrected chi connectivity index (χ3v) is 1.08. The minimum atomic E-state index is -0.630. The molecular formula is C7H10N2O3. The summed E-state index contributed by atoms with van der Waals surface area (Å²) in [4.78, 5) is 9.44. The number of hydrogen-bond acceptors (Lipinski definition) is 4. The molecule has 0 fully saturated rings. The van der Waals surface area contributed by atoms with E-state index < -0.39 is 4.92 Å². The van der Waals surface area contributed by atoms with Crippen molar-refractivity contribution < 1.29 is 10.0 Å². The van der Waals surface area contributed by atoms with E-state index in [2.05, 4.69) is 5.73 Å². The molecule has 0 radical (unpaired) electrons. The van der Waals surface area contributed by atoms with E-state index >= 15 is 0 Å². The molecule has 0 spiro atoms. The Labute approximate surface area is 69.6 Å². The first kappa shape index (κ1) is 10.4. The van der Waals surface area contributed by atoms with Gasteiger partial charge >= 0.3 is 5.69 Å². The van der Waals surface area contributed by atoms with Crippen molar-refractivity contribution in [2.75, 3.05) is 7.05 Å². The van der Waals surface area contributed by atoms with E-state index in [-0.39, 0.29) is 11.4 Å². The molecule has 0 saturated carbocycles. The molecule has 0 aromatic heterocycles. The number of nitro benzene ring substituents is 1. The zero-order valence-electron chi connectivity index (χ0n) is 6.60. The maximum atomic E-state index is 10.1. The van der Waals surface area contributed by atoms with E-state index in [0.717, 1.165) is 0 Å². The van der Waals surface area contributed by atoms with Crippen LogP contribution in [0.4, 0.5) is 5.69 Å². The number of aromatic hydroxyl groups is 1. The number of phenolic OH excluding ortho intramolecular Hbond substituents is 1. The third kappa shape index (κ3) is 2.55. The first-order valence-corrected chi connectivity index (χ1v) is 3.22. The predicted octanol–water partition coefficient (Wildman–Crippen LogP) is 0.875. The fraction of sp³-hybridized carbons (Fsp3) is 0.143. The van der Waals surface area contributed by atoms with E-state index in [9.17, 15) is 10.1 Å². The number of nitrogens with zero attached hydrogens (tertiary/aromatic N) is 1. The highest BCUT2D eigenvalue weighted by atomic mass is 16.6. The maximum Gasteiger partial charge on any atom is 0.310 e. The molecular weight excluding hydrogens is 160 g/mol. The standard InChI is InChI=1S/C6H5NO3.CH5N/c8-6-4-2-1-3-5(6)7(9)10;1-2/h1-4,8H;2H2,1H3. The van der Waals surface area contributed by atoms with Crippen molar-refractivity contribution in [3.8, 4) is 5.75 Å². The van der Waals surface area contributed by atoms with Crippen LogP contribution in [0.5, 0.6) is 5.75 Å². The summed E-state index contributed by atoms with van der Waals surface area (Å²) in [6.45, 7) is 0. The minimum Gasteiger partial charge on any atom is -0.502 e. The second-order valence-corrected chi connectivity index (χ2v) is 1.75. The predicted molar refractivity (Wildman–Crippen MR) is 44.9 cm³/mol. The van der Waals surface area contributed by atoms with Gasteiger partial charge in [0.15, 0.2) is 5.75 Å². The van der Waals surface area contributed by atoms with Crippen molar-refractivity contribution in [2.45, 2.75) is 0 Å². The summed E-state index contributed by atoms with van der Waals surface area (Å²) in [6, 6.07) is 5.55. The van der Waals surface area contributed by atoms with Crippen LogP contribution in [0, 0.1) is 10.1 Å². The quantitative estimate of drug-likeness (QED) is 0.483. The Morgan fingerprint density at radius 2 is 1.92 bits per heavy atom. The number of nitrogens with two attached hydrogens (primary N) is 1. The average Bonchev–Trinajstić information content (AvgIpc) is 2.08. The number of hydrogen-bond donors (Lipinski definition) is 2. The van der Waals surface area contributed by atoms with E-state index in [1.54, 1.807) is 0 Å². The van der Waals surface area contributed by atoms with Crippen LogP contribution in [0.25, 0.3) is 0 Å². The van der Waals surface area contributed by atoms with Crippen LogP contribution in [0.2, 0.25) is 0 Å². The van der Waals surface area contributed by atoms with Crippen molar-refractivity contribution in [3.05, 3.63) is 34.4 Å². The fourth-order valence-corrected chi connectivity index (χ4v) is 0.619. The molecule has 0 saturated heterocycles. The van der Waals surface area contributed by atoms with Crippen LogP contribution in [0.15, 0.2) is 24.3 Å². The summed E-state index contributed by atoms with van der Waals surface area (Å²) >= 11 is 0. The largest absolute Gasteiger partial charge is 0.502 e. The molecule has 12 heavy (non-hydrogen) atoms. The van der Waals surface area contributed by atoms with Crippen LogP contribution in [0.1, 0.15) is 0 Å². The fourth-order valence-electron chi connectivity index (χ4n) is 0.619. The van der Waals surface area contributed by atoms with E-state index in [0.29, 0.717) is 0 Å². The van der Waals surface area contributed by atoms with Gasteiger partial charge in [-0.2, -0.15) is 0 Å². The number of nitro groups is 1. The van der Waals surface area contributed by atoms with Gasteiger partial charge in [0.1, 0.15) is 0 Å². The van der Waals surface area contributed by atoms with E-state index in [4.69, 9.17) is 5.11 Å². The zero-order chi connectivity index (χ0) is 9.56. The van der Waals surface area contributed by atoms with Gasteiger partial charge in [0.05, 0.1) is 4.92 Å². The molecule has 0 aliphatic carbocycles. The summed E-state index contributed by atoms with van der Waals surface area (Å²) in [5, 5.41) is 18.9. The van der Waals surface area contributed by atoms with Gasteiger partial charge in [0, 0.05) is 6.07 Å². The Hall–Kier alpha value is -1.62.